The first-order valence-corrected chi connectivity index (χ1v) is 15.5. The van der Waals surface area contributed by atoms with Gasteiger partial charge in [0.1, 0.15) is 0 Å². The summed E-state index contributed by atoms with van der Waals surface area (Å²) in [6.45, 7) is 3.69. The van der Waals surface area contributed by atoms with Crippen LogP contribution in [-0.2, 0) is 19.6 Å². The summed E-state index contributed by atoms with van der Waals surface area (Å²) in [6.07, 6.45) is 2.61. The van der Waals surface area contributed by atoms with Gasteiger partial charge in [0, 0.05) is 40.7 Å². The molecule has 0 radical (unpaired) electrons. The average Bonchev–Trinajstić information content (AvgIpc) is 3.41. The van der Waals surface area contributed by atoms with Gasteiger partial charge in [-0.1, -0.05) is 60.7 Å². The number of benzene rings is 3. The monoisotopic (exact) mass is 557 g/mol. The molecule has 7 nitrogen and oxygen atoms in total. The van der Waals surface area contributed by atoms with Gasteiger partial charge in [0.15, 0.2) is 0 Å². The summed E-state index contributed by atoms with van der Waals surface area (Å²) in [7, 11) is -3.70. The standard InChI is InChI=1S/C32H35N3O4S/c1-22-7-5-6-10-28(22)30-19-25-13-16-27(20-29(25)33-30)40(37,38)34-26-14-11-24(12-15-26)32(36)35-17-18-39-21-31(35)23-8-3-2-4-9-23/h2-10,13,16,19-20,24,26,31,33-34H,11-12,14-15,17-18,21H2,1H3/t24-,26-,31-/m1/s1. The first-order valence-electron chi connectivity index (χ1n) is 14.0. The summed E-state index contributed by atoms with van der Waals surface area (Å²) >= 11 is 0. The minimum Gasteiger partial charge on any atom is -0.377 e. The van der Waals surface area contributed by atoms with Crippen LogP contribution in [0.3, 0.4) is 0 Å². The number of aryl methyl sites for hydroxylation is 1. The average molecular weight is 558 g/mol. The van der Waals surface area contributed by atoms with Crippen LogP contribution in [0.15, 0.2) is 83.8 Å². The van der Waals surface area contributed by atoms with E-state index in [4.69, 9.17) is 4.74 Å². The predicted octanol–water partition coefficient (Wildman–Crippen LogP) is 5.58. The number of amides is 1. The number of hydrogen-bond donors (Lipinski definition) is 2. The molecule has 1 saturated heterocycles. The second-order valence-corrected chi connectivity index (χ2v) is 12.7. The molecule has 6 rings (SSSR count). The van der Waals surface area contributed by atoms with Crippen LogP contribution < -0.4 is 4.72 Å². The second-order valence-electron chi connectivity index (χ2n) is 10.9. The topological polar surface area (TPSA) is 91.5 Å². The smallest absolute Gasteiger partial charge is 0.240 e. The van der Waals surface area contributed by atoms with Crippen molar-refractivity contribution in [3.05, 3.63) is 90.0 Å². The summed E-state index contributed by atoms with van der Waals surface area (Å²) < 4.78 is 35.3. The molecule has 208 valence electrons. The maximum atomic E-state index is 13.5. The molecular formula is C32H35N3O4S. The van der Waals surface area contributed by atoms with E-state index in [1.807, 2.05) is 53.4 Å². The van der Waals surface area contributed by atoms with E-state index in [1.165, 1.54) is 0 Å². The summed E-state index contributed by atoms with van der Waals surface area (Å²) in [5.41, 5.74) is 5.09. The lowest BCUT2D eigenvalue weighted by atomic mass is 9.85. The molecule has 1 aliphatic heterocycles. The van der Waals surface area contributed by atoms with Crippen molar-refractivity contribution in [2.75, 3.05) is 19.8 Å². The SMILES string of the molecule is Cc1ccccc1-c1cc2ccc(S(=O)(=O)N[C@H]3CC[C@H](C(=O)N4CCOC[C@@H]4c4ccccc4)CC3)cc2[nH]1. The van der Waals surface area contributed by atoms with Gasteiger partial charge in [0.25, 0.3) is 0 Å². The van der Waals surface area contributed by atoms with Crippen LogP contribution in [0.1, 0.15) is 42.9 Å². The Morgan fingerprint density at radius 3 is 2.48 bits per heavy atom. The Balaban J connectivity index is 1.11. The maximum Gasteiger partial charge on any atom is 0.240 e. The molecule has 1 aliphatic carbocycles. The Morgan fingerprint density at radius 2 is 1.70 bits per heavy atom. The Kier molecular flexibility index (Phi) is 7.49. The van der Waals surface area contributed by atoms with E-state index in [9.17, 15) is 13.2 Å². The zero-order chi connectivity index (χ0) is 27.7. The van der Waals surface area contributed by atoms with Gasteiger partial charge in [0.05, 0.1) is 24.2 Å². The van der Waals surface area contributed by atoms with Crippen LogP contribution in [0, 0.1) is 12.8 Å². The van der Waals surface area contributed by atoms with Crippen molar-refractivity contribution < 1.29 is 17.9 Å². The number of fused-ring (bicyclic) bond motifs is 1. The highest BCUT2D eigenvalue weighted by molar-refractivity contribution is 7.89. The predicted molar refractivity (Wildman–Crippen MR) is 156 cm³/mol. The van der Waals surface area contributed by atoms with Crippen LogP contribution in [0.4, 0.5) is 0 Å². The van der Waals surface area contributed by atoms with Gasteiger partial charge < -0.3 is 14.6 Å². The molecule has 40 heavy (non-hydrogen) atoms. The number of carbonyl (C=O) groups is 1. The molecule has 2 fully saturated rings. The fourth-order valence-corrected chi connectivity index (χ4v) is 7.42. The molecule has 0 spiro atoms. The summed E-state index contributed by atoms with van der Waals surface area (Å²) in [5, 5.41) is 0.966. The Bertz CT molecular complexity index is 1610. The van der Waals surface area contributed by atoms with Crippen molar-refractivity contribution in [3.63, 3.8) is 0 Å². The highest BCUT2D eigenvalue weighted by atomic mass is 32.2. The number of nitrogens with one attached hydrogen (secondary N) is 2. The number of ether oxygens (including phenoxy) is 1. The number of carbonyl (C=O) groups excluding carboxylic acids is 1. The molecule has 1 amide bonds. The van der Waals surface area contributed by atoms with Gasteiger partial charge >= 0.3 is 0 Å². The Hall–Kier alpha value is -3.46. The largest absolute Gasteiger partial charge is 0.377 e. The molecule has 2 N–H and O–H groups in total. The third-order valence-electron chi connectivity index (χ3n) is 8.33. The van der Waals surface area contributed by atoms with Crippen molar-refractivity contribution in [3.8, 4) is 11.3 Å². The van der Waals surface area contributed by atoms with Crippen LogP contribution in [-0.4, -0.2) is 50.0 Å². The summed E-state index contributed by atoms with van der Waals surface area (Å²) in [6, 6.07) is 25.2. The van der Waals surface area contributed by atoms with E-state index >= 15 is 0 Å². The van der Waals surface area contributed by atoms with Crippen LogP contribution in [0.2, 0.25) is 0 Å². The Morgan fingerprint density at radius 1 is 0.950 bits per heavy atom. The molecule has 2 heterocycles. The van der Waals surface area contributed by atoms with Gasteiger partial charge in [0.2, 0.25) is 15.9 Å². The molecule has 0 bridgehead atoms. The van der Waals surface area contributed by atoms with E-state index in [1.54, 1.807) is 12.1 Å². The lowest BCUT2D eigenvalue weighted by molar-refractivity contribution is -0.145. The second kappa shape index (κ2) is 11.2. The molecule has 1 atom stereocenters. The zero-order valence-corrected chi connectivity index (χ0v) is 23.5. The number of H-pyrrole nitrogens is 1. The number of morpholine rings is 1. The Labute approximate surface area is 235 Å². The van der Waals surface area contributed by atoms with E-state index < -0.39 is 10.0 Å². The van der Waals surface area contributed by atoms with Crippen molar-refractivity contribution >= 4 is 26.8 Å². The number of rotatable bonds is 6. The van der Waals surface area contributed by atoms with E-state index in [0.717, 1.165) is 33.3 Å². The third kappa shape index (κ3) is 5.44. The van der Waals surface area contributed by atoms with Crippen LogP contribution in [0.5, 0.6) is 0 Å². The maximum absolute atomic E-state index is 13.5. The lowest BCUT2D eigenvalue weighted by Crippen LogP contribution is -2.47. The van der Waals surface area contributed by atoms with E-state index in [0.29, 0.717) is 45.4 Å². The normalized spacial score (nSPS) is 21.9. The quantitative estimate of drug-likeness (QED) is 0.324. The highest BCUT2D eigenvalue weighted by Gasteiger charge is 2.35. The first kappa shape index (κ1) is 26.7. The molecule has 8 heteroatoms. The van der Waals surface area contributed by atoms with E-state index in [2.05, 4.69) is 34.8 Å². The number of sulfonamides is 1. The minimum atomic E-state index is -3.70. The minimum absolute atomic E-state index is 0.0760. The van der Waals surface area contributed by atoms with Gasteiger partial charge in [-0.3, -0.25) is 4.79 Å². The van der Waals surface area contributed by atoms with Crippen molar-refractivity contribution in [2.45, 2.75) is 49.6 Å². The third-order valence-corrected chi connectivity index (χ3v) is 9.85. The molecule has 0 unspecified atom stereocenters. The lowest BCUT2D eigenvalue weighted by Gasteiger charge is -2.39. The zero-order valence-electron chi connectivity index (χ0n) is 22.7. The molecule has 4 aromatic rings. The van der Waals surface area contributed by atoms with Crippen LogP contribution in [0.25, 0.3) is 22.2 Å². The van der Waals surface area contributed by atoms with Crippen molar-refractivity contribution in [1.82, 2.24) is 14.6 Å². The fraction of sp³-hybridized carbons (Fsp3) is 0.344. The summed E-state index contributed by atoms with van der Waals surface area (Å²) in [5.74, 6) is 0.0558. The summed E-state index contributed by atoms with van der Waals surface area (Å²) in [4.78, 5) is 19.1. The number of hydrogen-bond acceptors (Lipinski definition) is 4. The van der Waals surface area contributed by atoms with Crippen LogP contribution >= 0.6 is 0 Å². The first-order chi connectivity index (χ1) is 19.4. The molecular weight excluding hydrogens is 522 g/mol. The molecule has 3 aromatic carbocycles. The number of aromatic amines is 1. The fourth-order valence-electron chi connectivity index (χ4n) is 6.09. The molecule has 1 aromatic heterocycles. The number of aromatic nitrogens is 1. The molecule has 1 saturated carbocycles. The van der Waals surface area contributed by atoms with Gasteiger partial charge in [-0.05, 0) is 61.9 Å². The van der Waals surface area contributed by atoms with Gasteiger partial charge in [-0.15, -0.1) is 0 Å². The van der Waals surface area contributed by atoms with Gasteiger partial charge in [-0.2, -0.15) is 0 Å². The molecule has 2 aliphatic rings. The number of nitrogens with zero attached hydrogens (tertiary/aromatic N) is 1. The van der Waals surface area contributed by atoms with E-state index in [-0.39, 0.29) is 28.8 Å². The van der Waals surface area contributed by atoms with Crippen molar-refractivity contribution in [1.29, 1.82) is 0 Å². The highest BCUT2D eigenvalue weighted by Crippen LogP contribution is 2.32. The van der Waals surface area contributed by atoms with Gasteiger partial charge in [-0.25, -0.2) is 13.1 Å². The van der Waals surface area contributed by atoms with Crippen molar-refractivity contribution in [2.24, 2.45) is 5.92 Å².